The maximum absolute atomic E-state index is 9.48. The molecule has 2 N–H and O–H groups in total. The van der Waals surface area contributed by atoms with Crippen LogP contribution < -0.4 is 0 Å². The lowest BCUT2D eigenvalue weighted by atomic mass is 10.1. The van der Waals surface area contributed by atoms with E-state index >= 15 is 0 Å². The van der Waals surface area contributed by atoms with Crippen molar-refractivity contribution < 1.29 is 10.2 Å². The normalized spacial score (nSPS) is 26.2. The second-order valence-electron chi connectivity index (χ2n) is 4.76. The van der Waals surface area contributed by atoms with Crippen molar-refractivity contribution in [1.29, 1.82) is 0 Å². The Morgan fingerprint density at radius 1 is 1.19 bits per heavy atom. The second kappa shape index (κ2) is 4.53. The lowest BCUT2D eigenvalue weighted by Gasteiger charge is -2.16. The molecule has 0 radical (unpaired) electrons. The molecule has 0 aromatic heterocycles. The van der Waals surface area contributed by atoms with Crippen LogP contribution in [0.25, 0.3) is 0 Å². The van der Waals surface area contributed by atoms with Crippen molar-refractivity contribution in [2.45, 2.75) is 32.6 Å². The number of nitrogens with zero attached hydrogens (tertiary/aromatic N) is 1. The van der Waals surface area contributed by atoms with Gasteiger partial charge in [0.05, 0.1) is 12.2 Å². The summed E-state index contributed by atoms with van der Waals surface area (Å²) in [4.78, 5) is 2.09. The summed E-state index contributed by atoms with van der Waals surface area (Å²) in [6.07, 6.45) is -1.18. The van der Waals surface area contributed by atoms with Gasteiger partial charge in [0, 0.05) is 19.6 Å². The number of rotatable bonds is 2. The van der Waals surface area contributed by atoms with Gasteiger partial charge in [-0.05, 0) is 25.0 Å². The highest BCUT2D eigenvalue weighted by Crippen LogP contribution is 2.17. The third-order valence-electron chi connectivity index (χ3n) is 3.23. The maximum Gasteiger partial charge on any atom is 0.0938 e. The number of benzene rings is 1. The van der Waals surface area contributed by atoms with E-state index in [2.05, 4.69) is 36.9 Å². The van der Waals surface area contributed by atoms with Crippen molar-refractivity contribution in [1.82, 2.24) is 4.90 Å². The second-order valence-corrected chi connectivity index (χ2v) is 4.76. The zero-order chi connectivity index (χ0) is 11.7. The molecule has 3 heteroatoms. The molecule has 1 aliphatic heterocycles. The smallest absolute Gasteiger partial charge is 0.0938 e. The fraction of sp³-hybridized carbons (Fsp3) is 0.538. The molecule has 0 unspecified atom stereocenters. The van der Waals surface area contributed by atoms with Gasteiger partial charge in [0.1, 0.15) is 0 Å². The van der Waals surface area contributed by atoms with Crippen LogP contribution in [-0.2, 0) is 6.54 Å². The minimum atomic E-state index is -0.592. The highest BCUT2D eigenvalue weighted by Gasteiger charge is 2.29. The molecule has 0 aliphatic carbocycles. The Morgan fingerprint density at radius 3 is 2.44 bits per heavy atom. The molecule has 2 atom stereocenters. The average Bonchev–Trinajstić information content (AvgIpc) is 2.52. The van der Waals surface area contributed by atoms with Crippen LogP contribution in [0.15, 0.2) is 18.2 Å². The largest absolute Gasteiger partial charge is 0.389 e. The molecule has 16 heavy (non-hydrogen) atoms. The van der Waals surface area contributed by atoms with E-state index in [-0.39, 0.29) is 0 Å². The van der Waals surface area contributed by atoms with E-state index in [1.165, 1.54) is 16.7 Å². The summed E-state index contributed by atoms with van der Waals surface area (Å²) in [7, 11) is 0. The van der Waals surface area contributed by atoms with Crippen LogP contribution in [0.4, 0.5) is 0 Å². The molecule has 0 spiro atoms. The Labute approximate surface area is 96.3 Å². The van der Waals surface area contributed by atoms with E-state index in [1.54, 1.807) is 0 Å². The van der Waals surface area contributed by atoms with E-state index in [9.17, 15) is 10.2 Å². The predicted molar refractivity (Wildman–Crippen MR) is 63.2 cm³/mol. The maximum atomic E-state index is 9.48. The first-order valence-electron chi connectivity index (χ1n) is 5.71. The van der Waals surface area contributed by atoms with E-state index in [0.717, 1.165) is 6.54 Å². The number of hydrogen-bond donors (Lipinski definition) is 2. The fourth-order valence-electron chi connectivity index (χ4n) is 2.19. The lowest BCUT2D eigenvalue weighted by molar-refractivity contribution is 0.0572. The summed E-state index contributed by atoms with van der Waals surface area (Å²) < 4.78 is 0. The van der Waals surface area contributed by atoms with Gasteiger partial charge in [-0.2, -0.15) is 0 Å². The van der Waals surface area contributed by atoms with Gasteiger partial charge in [0.15, 0.2) is 0 Å². The Bertz CT molecular complexity index is 368. The Morgan fingerprint density at radius 2 is 1.81 bits per heavy atom. The third-order valence-corrected chi connectivity index (χ3v) is 3.23. The van der Waals surface area contributed by atoms with E-state index in [0.29, 0.717) is 13.1 Å². The fourth-order valence-corrected chi connectivity index (χ4v) is 2.19. The number of β-amino-alcohol motifs (C(OH)–C–C–N with tert-alkyl or cyclic N) is 2. The SMILES string of the molecule is Cc1ccc(C)c(CN2C[C@@H](O)[C@@H](O)C2)c1. The molecular weight excluding hydrogens is 202 g/mol. The van der Waals surface area contributed by atoms with Gasteiger partial charge in [-0.15, -0.1) is 0 Å². The molecule has 1 aromatic rings. The average molecular weight is 221 g/mol. The standard InChI is InChI=1S/C13H19NO2/c1-9-3-4-10(2)11(5-9)6-14-7-12(15)13(16)8-14/h3-5,12-13,15-16H,6-8H2,1-2H3/t12-,13+. The van der Waals surface area contributed by atoms with Crippen molar-refractivity contribution in [3.05, 3.63) is 34.9 Å². The molecule has 0 saturated carbocycles. The first-order valence-corrected chi connectivity index (χ1v) is 5.71. The zero-order valence-corrected chi connectivity index (χ0v) is 9.85. The zero-order valence-electron chi connectivity index (χ0n) is 9.85. The third kappa shape index (κ3) is 2.43. The number of aliphatic hydroxyl groups excluding tert-OH is 2. The first-order chi connectivity index (χ1) is 7.56. The lowest BCUT2D eigenvalue weighted by Crippen LogP contribution is -2.22. The van der Waals surface area contributed by atoms with Crippen LogP contribution in [-0.4, -0.2) is 40.4 Å². The van der Waals surface area contributed by atoms with Crippen LogP contribution in [0.1, 0.15) is 16.7 Å². The quantitative estimate of drug-likeness (QED) is 0.778. The predicted octanol–water partition coefficient (Wildman–Crippen LogP) is 0.841. The van der Waals surface area contributed by atoms with E-state index in [1.807, 2.05) is 0 Å². The van der Waals surface area contributed by atoms with Crippen LogP contribution >= 0.6 is 0 Å². The summed E-state index contributed by atoms with van der Waals surface area (Å²) in [6.45, 7) is 6.11. The van der Waals surface area contributed by atoms with Crippen molar-refractivity contribution in [3.63, 3.8) is 0 Å². The Balaban J connectivity index is 2.07. The monoisotopic (exact) mass is 221 g/mol. The van der Waals surface area contributed by atoms with Crippen LogP contribution in [0.2, 0.25) is 0 Å². The topological polar surface area (TPSA) is 43.7 Å². The molecule has 1 saturated heterocycles. The summed E-state index contributed by atoms with van der Waals surface area (Å²) in [6, 6.07) is 6.40. The molecule has 1 heterocycles. The van der Waals surface area contributed by atoms with Gasteiger partial charge < -0.3 is 10.2 Å². The Hall–Kier alpha value is -0.900. The number of likely N-dealkylation sites (tertiary alicyclic amines) is 1. The van der Waals surface area contributed by atoms with Gasteiger partial charge in [-0.25, -0.2) is 0 Å². The molecule has 3 nitrogen and oxygen atoms in total. The summed E-state index contributed by atoms with van der Waals surface area (Å²) in [5, 5.41) is 19.0. The number of aliphatic hydroxyl groups is 2. The molecule has 1 fully saturated rings. The van der Waals surface area contributed by atoms with E-state index < -0.39 is 12.2 Å². The summed E-state index contributed by atoms with van der Waals surface area (Å²) in [5.41, 5.74) is 3.80. The number of hydrogen-bond acceptors (Lipinski definition) is 3. The van der Waals surface area contributed by atoms with Crippen molar-refractivity contribution in [3.8, 4) is 0 Å². The van der Waals surface area contributed by atoms with Crippen LogP contribution in [0.3, 0.4) is 0 Å². The highest BCUT2D eigenvalue weighted by molar-refractivity contribution is 5.30. The number of aryl methyl sites for hydroxylation is 2. The van der Waals surface area contributed by atoms with E-state index in [4.69, 9.17) is 0 Å². The highest BCUT2D eigenvalue weighted by atomic mass is 16.3. The van der Waals surface area contributed by atoms with Gasteiger partial charge in [0.2, 0.25) is 0 Å². The van der Waals surface area contributed by atoms with Gasteiger partial charge >= 0.3 is 0 Å². The molecule has 2 rings (SSSR count). The van der Waals surface area contributed by atoms with Crippen molar-refractivity contribution >= 4 is 0 Å². The molecule has 0 amide bonds. The van der Waals surface area contributed by atoms with Gasteiger partial charge in [-0.1, -0.05) is 23.8 Å². The summed E-state index contributed by atoms with van der Waals surface area (Å²) >= 11 is 0. The van der Waals surface area contributed by atoms with Crippen LogP contribution in [0.5, 0.6) is 0 Å². The molecule has 1 aliphatic rings. The first kappa shape index (κ1) is 11.6. The van der Waals surface area contributed by atoms with Gasteiger partial charge in [-0.3, -0.25) is 4.90 Å². The minimum Gasteiger partial charge on any atom is -0.389 e. The molecule has 88 valence electrons. The van der Waals surface area contributed by atoms with Gasteiger partial charge in [0.25, 0.3) is 0 Å². The molecule has 0 bridgehead atoms. The Kier molecular flexibility index (Phi) is 3.28. The van der Waals surface area contributed by atoms with Crippen LogP contribution in [0, 0.1) is 13.8 Å². The van der Waals surface area contributed by atoms with Crippen molar-refractivity contribution in [2.75, 3.05) is 13.1 Å². The molecule has 1 aromatic carbocycles. The van der Waals surface area contributed by atoms with Crippen molar-refractivity contribution in [2.24, 2.45) is 0 Å². The minimum absolute atomic E-state index is 0.564. The summed E-state index contributed by atoms with van der Waals surface area (Å²) in [5.74, 6) is 0. The molecular formula is C13H19NO2.